The topological polar surface area (TPSA) is 82.7 Å². The standard InChI is InChI=1S/C19H19N3O4S/c1-21-9-10-26-18-12-14(7-8-16(18)21)27(24,25)22(2)17-11-13-5-3-4-6-15(13)20-19(17)23/h3-8,11-12H,9-10H2,1-2H3,(H,20,23). The summed E-state index contributed by atoms with van der Waals surface area (Å²) < 4.78 is 32.8. The first-order valence-corrected chi connectivity index (χ1v) is 9.91. The fraction of sp³-hybridized carbons (Fsp3) is 0.211. The summed E-state index contributed by atoms with van der Waals surface area (Å²) in [7, 11) is -0.616. The van der Waals surface area contributed by atoms with E-state index in [-0.39, 0.29) is 10.6 Å². The third-order valence-corrected chi connectivity index (χ3v) is 6.53. The molecule has 0 aliphatic carbocycles. The maximum absolute atomic E-state index is 13.1. The molecule has 0 saturated carbocycles. The molecule has 1 aliphatic heterocycles. The van der Waals surface area contributed by atoms with E-state index in [0.29, 0.717) is 17.9 Å². The first-order valence-electron chi connectivity index (χ1n) is 8.47. The Morgan fingerprint density at radius 3 is 2.74 bits per heavy atom. The minimum atomic E-state index is -3.92. The number of fused-ring (bicyclic) bond motifs is 2. The molecule has 0 bridgehead atoms. The van der Waals surface area contributed by atoms with Crippen LogP contribution in [0.2, 0.25) is 0 Å². The van der Waals surface area contributed by atoms with Gasteiger partial charge in [-0.1, -0.05) is 18.2 Å². The summed E-state index contributed by atoms with van der Waals surface area (Å²) in [6.45, 7) is 1.23. The van der Waals surface area contributed by atoms with Gasteiger partial charge in [0, 0.05) is 31.1 Å². The lowest BCUT2D eigenvalue weighted by molar-refractivity contribution is 0.310. The SMILES string of the molecule is CN1CCOc2cc(S(=O)(=O)N(C)c3cc4ccccc4[nH]c3=O)ccc21. The second kappa shape index (κ2) is 6.31. The highest BCUT2D eigenvalue weighted by Crippen LogP contribution is 2.34. The van der Waals surface area contributed by atoms with Crippen LogP contribution in [-0.4, -0.2) is 40.6 Å². The van der Waals surface area contributed by atoms with Crippen molar-refractivity contribution in [2.24, 2.45) is 0 Å². The number of aromatic nitrogens is 1. The van der Waals surface area contributed by atoms with Crippen LogP contribution in [0.4, 0.5) is 11.4 Å². The molecule has 1 aromatic heterocycles. The van der Waals surface area contributed by atoms with E-state index < -0.39 is 15.6 Å². The highest BCUT2D eigenvalue weighted by atomic mass is 32.2. The van der Waals surface area contributed by atoms with Crippen molar-refractivity contribution < 1.29 is 13.2 Å². The molecule has 3 aromatic rings. The van der Waals surface area contributed by atoms with Crippen LogP contribution in [0.15, 0.2) is 58.2 Å². The monoisotopic (exact) mass is 385 g/mol. The number of hydrogen-bond donors (Lipinski definition) is 1. The Bertz CT molecular complexity index is 1190. The van der Waals surface area contributed by atoms with E-state index in [9.17, 15) is 13.2 Å². The first-order chi connectivity index (χ1) is 12.9. The molecule has 0 atom stereocenters. The minimum Gasteiger partial charge on any atom is -0.490 e. The van der Waals surface area contributed by atoms with Gasteiger partial charge in [0.1, 0.15) is 18.0 Å². The Labute approximate surface area is 156 Å². The molecule has 1 aliphatic rings. The Hall–Kier alpha value is -3.00. The molecule has 0 amide bonds. The highest BCUT2D eigenvalue weighted by Gasteiger charge is 2.26. The number of benzene rings is 2. The number of para-hydroxylation sites is 1. The van der Waals surface area contributed by atoms with Gasteiger partial charge in [-0.3, -0.25) is 9.10 Å². The van der Waals surface area contributed by atoms with E-state index in [1.54, 1.807) is 18.2 Å². The van der Waals surface area contributed by atoms with Crippen LogP contribution in [0.25, 0.3) is 10.9 Å². The van der Waals surface area contributed by atoms with E-state index in [4.69, 9.17) is 4.74 Å². The molecule has 0 saturated heterocycles. The maximum atomic E-state index is 13.1. The fourth-order valence-corrected chi connectivity index (χ4v) is 4.36. The molecule has 27 heavy (non-hydrogen) atoms. The second-order valence-corrected chi connectivity index (χ2v) is 8.41. The smallest absolute Gasteiger partial charge is 0.272 e. The van der Waals surface area contributed by atoms with Gasteiger partial charge < -0.3 is 14.6 Å². The molecule has 7 nitrogen and oxygen atoms in total. The average molecular weight is 385 g/mol. The number of ether oxygens (including phenoxy) is 1. The van der Waals surface area contributed by atoms with E-state index in [0.717, 1.165) is 21.9 Å². The number of nitrogens with one attached hydrogen (secondary N) is 1. The summed E-state index contributed by atoms with van der Waals surface area (Å²) in [6, 6.07) is 13.6. The van der Waals surface area contributed by atoms with Crippen LogP contribution in [0.1, 0.15) is 0 Å². The van der Waals surface area contributed by atoms with Crippen molar-refractivity contribution in [1.29, 1.82) is 0 Å². The van der Waals surface area contributed by atoms with Crippen LogP contribution in [-0.2, 0) is 10.0 Å². The van der Waals surface area contributed by atoms with Crippen molar-refractivity contribution in [2.75, 3.05) is 36.5 Å². The van der Waals surface area contributed by atoms with Crippen molar-refractivity contribution in [1.82, 2.24) is 4.98 Å². The fourth-order valence-electron chi connectivity index (χ4n) is 3.16. The van der Waals surface area contributed by atoms with Crippen molar-refractivity contribution in [3.05, 3.63) is 58.9 Å². The summed E-state index contributed by atoms with van der Waals surface area (Å²) in [4.78, 5) is 17.2. The van der Waals surface area contributed by atoms with Gasteiger partial charge in [0.25, 0.3) is 15.6 Å². The molecule has 0 radical (unpaired) electrons. The molecule has 0 fully saturated rings. The van der Waals surface area contributed by atoms with Gasteiger partial charge in [0.2, 0.25) is 0 Å². The van der Waals surface area contributed by atoms with E-state index in [1.807, 2.05) is 30.1 Å². The molecule has 2 aromatic carbocycles. The average Bonchev–Trinajstić information content (AvgIpc) is 2.66. The number of rotatable bonds is 3. The van der Waals surface area contributed by atoms with Crippen LogP contribution in [0, 0.1) is 0 Å². The van der Waals surface area contributed by atoms with Gasteiger partial charge in [0.05, 0.1) is 17.1 Å². The lowest BCUT2D eigenvalue weighted by atomic mass is 10.2. The summed E-state index contributed by atoms with van der Waals surface area (Å²) in [5, 5.41) is 0.754. The van der Waals surface area contributed by atoms with Crippen molar-refractivity contribution >= 4 is 32.3 Å². The Kier molecular flexibility index (Phi) is 4.07. The number of sulfonamides is 1. The largest absolute Gasteiger partial charge is 0.490 e. The van der Waals surface area contributed by atoms with Crippen molar-refractivity contribution in [2.45, 2.75) is 4.90 Å². The number of likely N-dealkylation sites (N-methyl/N-ethyl adjacent to an activating group) is 1. The van der Waals surface area contributed by atoms with Gasteiger partial charge >= 0.3 is 0 Å². The quantitative estimate of drug-likeness (QED) is 0.747. The van der Waals surface area contributed by atoms with Gasteiger partial charge in [-0.2, -0.15) is 0 Å². The number of pyridine rings is 1. The summed E-state index contributed by atoms with van der Waals surface area (Å²) in [6.07, 6.45) is 0. The Morgan fingerprint density at radius 1 is 1.15 bits per heavy atom. The molecule has 0 spiro atoms. The zero-order chi connectivity index (χ0) is 19.2. The normalized spacial score (nSPS) is 13.9. The zero-order valence-electron chi connectivity index (χ0n) is 15.0. The molecule has 0 unspecified atom stereocenters. The predicted octanol–water partition coefficient (Wildman–Crippen LogP) is 2.18. The third-order valence-electron chi connectivity index (χ3n) is 4.76. The number of nitrogens with zero attached hydrogens (tertiary/aromatic N) is 2. The van der Waals surface area contributed by atoms with Gasteiger partial charge in [-0.05, 0) is 24.3 Å². The van der Waals surface area contributed by atoms with Gasteiger partial charge in [-0.25, -0.2) is 8.42 Å². The summed E-state index contributed by atoms with van der Waals surface area (Å²) in [5.41, 5.74) is 1.09. The number of H-pyrrole nitrogens is 1. The number of hydrogen-bond acceptors (Lipinski definition) is 5. The Balaban J connectivity index is 1.78. The van der Waals surface area contributed by atoms with Gasteiger partial charge in [-0.15, -0.1) is 0 Å². The summed E-state index contributed by atoms with van der Waals surface area (Å²) in [5.74, 6) is 0.519. The van der Waals surface area contributed by atoms with Crippen LogP contribution < -0.4 is 19.5 Å². The molecule has 2 heterocycles. The highest BCUT2D eigenvalue weighted by molar-refractivity contribution is 7.92. The molecular formula is C19H19N3O4S. The van der Waals surface area contributed by atoms with E-state index in [1.165, 1.54) is 19.2 Å². The molecule has 4 rings (SSSR count). The number of anilines is 2. The lowest BCUT2D eigenvalue weighted by Crippen LogP contribution is -2.32. The minimum absolute atomic E-state index is 0.0597. The first kappa shape index (κ1) is 17.4. The third kappa shape index (κ3) is 2.91. The predicted molar refractivity (Wildman–Crippen MR) is 105 cm³/mol. The maximum Gasteiger partial charge on any atom is 0.272 e. The second-order valence-electron chi connectivity index (χ2n) is 6.44. The molecule has 8 heteroatoms. The molecular weight excluding hydrogens is 366 g/mol. The van der Waals surface area contributed by atoms with Crippen molar-refractivity contribution in [3.8, 4) is 5.75 Å². The molecule has 1 N–H and O–H groups in total. The van der Waals surface area contributed by atoms with Crippen LogP contribution in [0.3, 0.4) is 0 Å². The van der Waals surface area contributed by atoms with Crippen LogP contribution >= 0.6 is 0 Å². The zero-order valence-corrected chi connectivity index (χ0v) is 15.8. The van der Waals surface area contributed by atoms with Crippen molar-refractivity contribution in [3.63, 3.8) is 0 Å². The molecule has 140 valence electrons. The number of aromatic amines is 1. The van der Waals surface area contributed by atoms with E-state index >= 15 is 0 Å². The van der Waals surface area contributed by atoms with Crippen LogP contribution in [0.5, 0.6) is 5.75 Å². The Morgan fingerprint density at radius 2 is 1.93 bits per heavy atom. The lowest BCUT2D eigenvalue weighted by Gasteiger charge is -2.28. The summed E-state index contributed by atoms with van der Waals surface area (Å²) >= 11 is 0. The van der Waals surface area contributed by atoms with Gasteiger partial charge in [0.15, 0.2) is 0 Å². The van der Waals surface area contributed by atoms with E-state index in [2.05, 4.69) is 4.98 Å².